The molecule has 7 N–H and O–H groups in total. The van der Waals surface area contributed by atoms with Crippen LogP contribution in [0.25, 0.3) is 0 Å². The molecule has 1 unspecified atom stereocenters. The highest BCUT2D eigenvalue weighted by Crippen LogP contribution is 2.35. The summed E-state index contributed by atoms with van der Waals surface area (Å²) in [6.45, 7) is 0. The summed E-state index contributed by atoms with van der Waals surface area (Å²) in [5.74, 6) is 0. The Hall–Kier alpha value is -2.88. The molecule has 22 heavy (non-hydrogen) atoms. The maximum atomic E-state index is 5.88. The summed E-state index contributed by atoms with van der Waals surface area (Å²) in [4.78, 5) is 0. The molecular weight excluding hydrogens is 272 g/mol. The van der Waals surface area contributed by atoms with Gasteiger partial charge >= 0.3 is 0 Å². The van der Waals surface area contributed by atoms with E-state index in [1.54, 1.807) is 0 Å². The van der Waals surface area contributed by atoms with E-state index in [0.717, 1.165) is 34.7 Å². The molecule has 0 radical (unpaired) electrons. The first-order valence-electron chi connectivity index (χ1n) is 7.22. The average Bonchev–Trinajstić information content (AvgIpc) is 2.53. The van der Waals surface area contributed by atoms with Crippen molar-refractivity contribution in [2.24, 2.45) is 5.73 Å². The summed E-state index contributed by atoms with van der Waals surface area (Å²) >= 11 is 0. The highest BCUT2D eigenvalue weighted by atomic mass is 15.0. The molecule has 4 nitrogen and oxygen atoms in total. The highest BCUT2D eigenvalue weighted by molar-refractivity contribution is 5.57. The summed E-state index contributed by atoms with van der Waals surface area (Å²) < 4.78 is 0. The molecule has 112 valence electrons. The van der Waals surface area contributed by atoms with Crippen LogP contribution in [0.3, 0.4) is 0 Å². The fourth-order valence-electron chi connectivity index (χ4n) is 2.64. The van der Waals surface area contributed by atoms with E-state index in [0.29, 0.717) is 0 Å². The van der Waals surface area contributed by atoms with Crippen molar-refractivity contribution < 1.29 is 0 Å². The second kappa shape index (κ2) is 5.48. The lowest BCUT2D eigenvalue weighted by atomic mass is 9.83. The van der Waals surface area contributed by atoms with Crippen molar-refractivity contribution in [3.05, 3.63) is 78.0 Å². The summed E-state index contributed by atoms with van der Waals surface area (Å²) in [6, 6.07) is 15.6. The largest absolute Gasteiger partial charge is 0.399 e. The van der Waals surface area contributed by atoms with Crippen LogP contribution < -0.4 is 22.5 Å². The van der Waals surface area contributed by atoms with E-state index in [1.807, 2.05) is 60.7 Å². The van der Waals surface area contributed by atoms with Crippen LogP contribution in [0.2, 0.25) is 0 Å². The zero-order valence-electron chi connectivity index (χ0n) is 12.3. The van der Waals surface area contributed by atoms with Gasteiger partial charge in [-0.2, -0.15) is 0 Å². The normalized spacial score (nSPS) is 20.5. The molecule has 0 saturated heterocycles. The first kappa shape index (κ1) is 14.1. The van der Waals surface area contributed by atoms with E-state index >= 15 is 0 Å². The van der Waals surface area contributed by atoms with Crippen LogP contribution in [0, 0.1) is 0 Å². The van der Waals surface area contributed by atoms with Crippen molar-refractivity contribution in [2.75, 3.05) is 16.8 Å². The smallest absolute Gasteiger partial charge is 0.0848 e. The van der Waals surface area contributed by atoms with Gasteiger partial charge in [-0.3, -0.25) is 0 Å². The van der Waals surface area contributed by atoms with E-state index in [-0.39, 0.29) is 5.54 Å². The molecular formula is C18H20N4. The van der Waals surface area contributed by atoms with Crippen LogP contribution in [-0.4, -0.2) is 0 Å². The van der Waals surface area contributed by atoms with Gasteiger partial charge in [0.2, 0.25) is 0 Å². The van der Waals surface area contributed by atoms with Crippen molar-refractivity contribution in [3.63, 3.8) is 0 Å². The lowest BCUT2D eigenvalue weighted by molar-refractivity contribution is 0.614. The van der Waals surface area contributed by atoms with E-state index in [9.17, 15) is 0 Å². The molecule has 2 aromatic carbocycles. The number of nitrogens with two attached hydrogens (primary N) is 3. The van der Waals surface area contributed by atoms with Gasteiger partial charge in [-0.25, -0.2) is 0 Å². The third-order valence-corrected chi connectivity index (χ3v) is 3.92. The van der Waals surface area contributed by atoms with Crippen molar-refractivity contribution in [1.82, 2.24) is 0 Å². The Balaban J connectivity index is 1.98. The molecule has 0 saturated carbocycles. The number of allylic oxidation sites excluding steroid dienone is 1. The predicted molar refractivity (Wildman–Crippen MR) is 93.0 cm³/mol. The summed E-state index contributed by atoms with van der Waals surface area (Å²) in [5, 5.41) is 3.59. The first-order chi connectivity index (χ1) is 10.6. The molecule has 1 aliphatic rings. The van der Waals surface area contributed by atoms with E-state index in [2.05, 4.69) is 11.4 Å². The quantitative estimate of drug-likeness (QED) is 0.655. The van der Waals surface area contributed by atoms with Crippen molar-refractivity contribution in [1.29, 1.82) is 0 Å². The van der Waals surface area contributed by atoms with Crippen LogP contribution >= 0.6 is 0 Å². The standard InChI is InChI=1S/C18H20N4/c19-14-3-1-13(2-4-14)18(11-9-16(21)10-12-18)22-17-7-5-15(20)6-8-17/h1-11,22H,12,19-21H2. The minimum atomic E-state index is -0.341. The second-order valence-corrected chi connectivity index (χ2v) is 5.58. The zero-order chi connectivity index (χ0) is 15.6. The summed E-state index contributed by atoms with van der Waals surface area (Å²) in [6.07, 6.45) is 6.83. The number of hydrogen-bond acceptors (Lipinski definition) is 4. The van der Waals surface area contributed by atoms with Crippen molar-refractivity contribution in [3.8, 4) is 0 Å². The fraction of sp³-hybridized carbons (Fsp3) is 0.111. The van der Waals surface area contributed by atoms with Gasteiger partial charge < -0.3 is 22.5 Å². The van der Waals surface area contributed by atoms with Gasteiger partial charge in [0, 0.05) is 22.8 Å². The number of nitrogen functional groups attached to an aromatic ring is 2. The number of nitrogens with one attached hydrogen (secondary N) is 1. The minimum Gasteiger partial charge on any atom is -0.399 e. The average molecular weight is 292 g/mol. The lowest BCUT2D eigenvalue weighted by Gasteiger charge is -2.35. The van der Waals surface area contributed by atoms with Gasteiger partial charge in [0.05, 0.1) is 5.54 Å². The SMILES string of the molecule is NC1=CCC(Nc2ccc(N)cc2)(c2ccc(N)cc2)C=C1. The molecule has 0 amide bonds. The van der Waals surface area contributed by atoms with Gasteiger partial charge in [-0.15, -0.1) is 0 Å². The molecule has 0 spiro atoms. The Morgan fingerprint density at radius 1 is 0.818 bits per heavy atom. The van der Waals surface area contributed by atoms with E-state index in [1.165, 1.54) is 0 Å². The van der Waals surface area contributed by atoms with Gasteiger partial charge in [0.1, 0.15) is 0 Å². The number of anilines is 3. The van der Waals surface area contributed by atoms with Gasteiger partial charge in [-0.05, 0) is 54.5 Å². The maximum Gasteiger partial charge on any atom is 0.0848 e. The first-order valence-corrected chi connectivity index (χ1v) is 7.22. The predicted octanol–water partition coefficient (Wildman–Crippen LogP) is 2.96. The Bertz CT molecular complexity index is 714. The van der Waals surface area contributed by atoms with Crippen LogP contribution in [0.5, 0.6) is 0 Å². The van der Waals surface area contributed by atoms with Crippen LogP contribution in [0.1, 0.15) is 12.0 Å². The zero-order valence-corrected chi connectivity index (χ0v) is 12.3. The Labute approximate surface area is 130 Å². The third kappa shape index (κ3) is 2.76. The number of rotatable bonds is 3. The van der Waals surface area contributed by atoms with E-state index < -0.39 is 0 Å². The minimum absolute atomic E-state index is 0.341. The summed E-state index contributed by atoms with van der Waals surface area (Å²) in [5.41, 5.74) is 21.5. The Morgan fingerprint density at radius 3 is 1.95 bits per heavy atom. The molecule has 1 atom stereocenters. The molecule has 0 heterocycles. The number of benzene rings is 2. The Kier molecular flexibility index (Phi) is 3.51. The molecule has 0 bridgehead atoms. The molecule has 0 aromatic heterocycles. The molecule has 1 aliphatic carbocycles. The highest BCUT2D eigenvalue weighted by Gasteiger charge is 2.30. The van der Waals surface area contributed by atoms with Crippen LogP contribution in [-0.2, 0) is 5.54 Å². The molecule has 2 aromatic rings. The summed E-state index contributed by atoms with van der Waals surface area (Å²) in [7, 11) is 0. The van der Waals surface area contributed by atoms with Crippen molar-refractivity contribution in [2.45, 2.75) is 12.0 Å². The molecule has 3 rings (SSSR count). The van der Waals surface area contributed by atoms with Gasteiger partial charge in [-0.1, -0.05) is 24.3 Å². The van der Waals surface area contributed by atoms with Gasteiger partial charge in [0.15, 0.2) is 0 Å². The molecule has 0 fully saturated rings. The van der Waals surface area contributed by atoms with Crippen LogP contribution in [0.15, 0.2) is 72.5 Å². The van der Waals surface area contributed by atoms with Gasteiger partial charge in [0.25, 0.3) is 0 Å². The van der Waals surface area contributed by atoms with Crippen molar-refractivity contribution >= 4 is 17.1 Å². The fourth-order valence-corrected chi connectivity index (χ4v) is 2.64. The van der Waals surface area contributed by atoms with Crippen LogP contribution in [0.4, 0.5) is 17.1 Å². The van der Waals surface area contributed by atoms with E-state index in [4.69, 9.17) is 17.2 Å². The topological polar surface area (TPSA) is 90.1 Å². The molecule has 0 aliphatic heterocycles. The monoisotopic (exact) mass is 292 g/mol. The number of hydrogen-bond donors (Lipinski definition) is 4. The second-order valence-electron chi connectivity index (χ2n) is 5.58. The molecule has 4 heteroatoms. The Morgan fingerprint density at radius 2 is 1.41 bits per heavy atom. The third-order valence-electron chi connectivity index (χ3n) is 3.92. The maximum absolute atomic E-state index is 5.88. The lowest BCUT2D eigenvalue weighted by Crippen LogP contribution is -2.34.